The summed E-state index contributed by atoms with van der Waals surface area (Å²) in [6, 6.07) is 19.9. The van der Waals surface area contributed by atoms with Gasteiger partial charge in [0.1, 0.15) is 5.60 Å². The summed E-state index contributed by atoms with van der Waals surface area (Å²) in [6.07, 6.45) is 2.20. The number of hydrogen-bond donors (Lipinski definition) is 0. The van der Waals surface area contributed by atoms with Crippen molar-refractivity contribution < 1.29 is 18.4 Å². The largest absolute Gasteiger partial charge is 0.390 e. The molecule has 0 amide bonds. The van der Waals surface area contributed by atoms with Crippen molar-refractivity contribution >= 4 is 22.9 Å². The number of aromatic nitrogens is 1. The van der Waals surface area contributed by atoms with Gasteiger partial charge in [-0.2, -0.15) is 0 Å². The number of aryl methyl sites for hydroxylation is 1. The third-order valence-corrected chi connectivity index (χ3v) is 6.29. The minimum atomic E-state index is -0.901. The number of fused-ring (bicyclic) bond motifs is 1. The second-order valence-electron chi connectivity index (χ2n) is 10.9. The Labute approximate surface area is 222 Å². The molecular weight excluding hydrogens is 482 g/mol. The number of ketones is 1. The monoisotopic (exact) mass is 516 g/mol. The van der Waals surface area contributed by atoms with Crippen LogP contribution in [0.2, 0.25) is 0 Å². The molecule has 0 radical (unpaired) electrons. The summed E-state index contributed by atoms with van der Waals surface area (Å²) in [5.74, 6) is -1.73. The van der Waals surface area contributed by atoms with Crippen molar-refractivity contribution in [2.24, 2.45) is 5.16 Å². The van der Waals surface area contributed by atoms with Crippen LogP contribution in [-0.2, 0) is 17.8 Å². The fraction of sp³-hybridized carbons (Fsp3) is 0.312. The molecule has 1 aromatic heterocycles. The van der Waals surface area contributed by atoms with E-state index in [9.17, 15) is 13.6 Å². The average molecular weight is 517 g/mol. The van der Waals surface area contributed by atoms with Gasteiger partial charge in [0.25, 0.3) is 0 Å². The average Bonchev–Trinajstić information content (AvgIpc) is 3.18. The fourth-order valence-electron chi connectivity index (χ4n) is 4.62. The minimum Gasteiger partial charge on any atom is -0.390 e. The second-order valence-corrected chi connectivity index (χ2v) is 10.9. The summed E-state index contributed by atoms with van der Waals surface area (Å²) >= 11 is 0. The van der Waals surface area contributed by atoms with Crippen LogP contribution in [0.25, 0.3) is 10.9 Å². The lowest BCUT2D eigenvalue weighted by Crippen LogP contribution is -2.15. The maximum atomic E-state index is 13.7. The molecule has 0 spiro atoms. The van der Waals surface area contributed by atoms with Crippen LogP contribution < -0.4 is 0 Å². The zero-order chi connectivity index (χ0) is 27.4. The number of oxime groups is 1. The van der Waals surface area contributed by atoms with Crippen molar-refractivity contribution in [3.05, 3.63) is 106 Å². The van der Waals surface area contributed by atoms with Crippen molar-refractivity contribution in [1.82, 2.24) is 4.57 Å². The molecule has 0 saturated heterocycles. The fourth-order valence-corrected chi connectivity index (χ4v) is 4.62. The van der Waals surface area contributed by atoms with Crippen molar-refractivity contribution in [3.8, 4) is 0 Å². The van der Waals surface area contributed by atoms with Crippen LogP contribution in [0, 0.1) is 11.6 Å². The molecule has 38 heavy (non-hydrogen) atoms. The molecule has 198 valence electrons. The number of benzene rings is 3. The van der Waals surface area contributed by atoms with Gasteiger partial charge in [0.05, 0.1) is 6.21 Å². The molecule has 0 unspecified atom stereocenters. The number of rotatable bonds is 9. The molecule has 4 aromatic rings. The van der Waals surface area contributed by atoms with Crippen LogP contribution in [0.3, 0.4) is 0 Å². The highest BCUT2D eigenvalue weighted by atomic mass is 19.2. The van der Waals surface area contributed by atoms with Gasteiger partial charge in [-0.1, -0.05) is 67.5 Å². The first-order chi connectivity index (χ1) is 18.0. The summed E-state index contributed by atoms with van der Waals surface area (Å²) in [5, 5.41) is 5.02. The van der Waals surface area contributed by atoms with E-state index in [0.717, 1.165) is 39.9 Å². The van der Waals surface area contributed by atoms with E-state index in [0.29, 0.717) is 24.1 Å². The normalized spacial score (nSPS) is 12.1. The second kappa shape index (κ2) is 11.3. The van der Waals surface area contributed by atoms with E-state index in [1.165, 1.54) is 6.07 Å². The first-order valence-corrected chi connectivity index (χ1v) is 12.9. The lowest BCUT2D eigenvalue weighted by molar-refractivity contribution is 0.00199. The van der Waals surface area contributed by atoms with E-state index < -0.39 is 17.2 Å². The lowest BCUT2D eigenvalue weighted by Gasteiger charge is -2.16. The summed E-state index contributed by atoms with van der Waals surface area (Å²) in [4.78, 5) is 19.2. The Hall–Kier alpha value is -3.80. The standard InChI is InChI=1S/C32H34F2N2O2/c1-21(2)31-30(29(37)16-13-22-12-15-26(33)27(34)17-22)25-14-11-24(19-35-38-32(3,4)5)18-28(25)36(31)20-23-9-7-6-8-10-23/h6-12,14-15,17-19,21H,13,16,20H2,1-5H3/b35-19+. The third kappa shape index (κ3) is 6.36. The van der Waals surface area contributed by atoms with Crippen LogP contribution in [-0.4, -0.2) is 22.2 Å². The zero-order valence-electron chi connectivity index (χ0n) is 22.6. The Balaban J connectivity index is 1.77. The molecule has 0 bridgehead atoms. The Kier molecular flexibility index (Phi) is 8.10. The molecule has 4 nitrogen and oxygen atoms in total. The van der Waals surface area contributed by atoms with E-state index in [2.05, 4.69) is 35.7 Å². The highest BCUT2D eigenvalue weighted by Crippen LogP contribution is 2.34. The van der Waals surface area contributed by atoms with Crippen LogP contribution in [0.15, 0.2) is 71.9 Å². The Morgan fingerprint density at radius 3 is 2.37 bits per heavy atom. The maximum absolute atomic E-state index is 13.7. The number of Topliss-reactive ketones (excluding diaryl/α,β-unsaturated/α-hetero) is 1. The third-order valence-electron chi connectivity index (χ3n) is 6.29. The Bertz CT molecular complexity index is 1460. The molecule has 0 aliphatic heterocycles. The van der Waals surface area contributed by atoms with Gasteiger partial charge in [-0.15, -0.1) is 0 Å². The lowest BCUT2D eigenvalue weighted by atomic mass is 9.96. The molecule has 0 fully saturated rings. The number of carbonyl (C=O) groups is 1. The molecule has 0 aliphatic rings. The molecule has 1 heterocycles. The van der Waals surface area contributed by atoms with Crippen LogP contribution in [0.5, 0.6) is 0 Å². The topological polar surface area (TPSA) is 43.6 Å². The highest BCUT2D eigenvalue weighted by molar-refractivity contribution is 6.10. The molecule has 6 heteroatoms. The van der Waals surface area contributed by atoms with Gasteiger partial charge < -0.3 is 9.40 Å². The predicted octanol–water partition coefficient (Wildman–Crippen LogP) is 8.06. The number of nitrogens with zero attached hydrogens (tertiary/aromatic N) is 2. The number of carbonyl (C=O) groups excluding carboxylic acids is 1. The van der Waals surface area contributed by atoms with Crippen LogP contribution >= 0.6 is 0 Å². The number of halogens is 2. The van der Waals surface area contributed by atoms with Gasteiger partial charge in [-0.3, -0.25) is 4.79 Å². The first-order valence-electron chi connectivity index (χ1n) is 12.9. The van der Waals surface area contributed by atoms with Crippen molar-refractivity contribution in [2.75, 3.05) is 0 Å². The quantitative estimate of drug-likeness (QED) is 0.128. The van der Waals surface area contributed by atoms with Gasteiger partial charge >= 0.3 is 0 Å². The van der Waals surface area contributed by atoms with Crippen molar-refractivity contribution in [1.29, 1.82) is 0 Å². The van der Waals surface area contributed by atoms with Gasteiger partial charge in [0.2, 0.25) is 0 Å². The summed E-state index contributed by atoms with van der Waals surface area (Å²) < 4.78 is 29.3. The van der Waals surface area contributed by atoms with E-state index in [1.54, 1.807) is 6.21 Å². The minimum absolute atomic E-state index is 0.0206. The van der Waals surface area contributed by atoms with Gasteiger partial charge in [-0.25, -0.2) is 8.78 Å². The summed E-state index contributed by atoms with van der Waals surface area (Å²) in [7, 11) is 0. The molecule has 3 aromatic carbocycles. The van der Waals surface area contributed by atoms with Gasteiger partial charge in [-0.05, 0) is 68.0 Å². The van der Waals surface area contributed by atoms with E-state index >= 15 is 0 Å². The SMILES string of the molecule is CC(C)c1c(C(=O)CCc2ccc(F)c(F)c2)c2ccc(/C=N/OC(C)(C)C)cc2n1Cc1ccccc1. The van der Waals surface area contributed by atoms with Crippen LogP contribution in [0.4, 0.5) is 8.78 Å². The smallest absolute Gasteiger partial charge is 0.165 e. The molecule has 0 saturated carbocycles. The number of hydrogen-bond acceptors (Lipinski definition) is 3. The van der Waals surface area contributed by atoms with Gasteiger partial charge in [0.15, 0.2) is 17.4 Å². The van der Waals surface area contributed by atoms with Crippen molar-refractivity contribution in [3.63, 3.8) is 0 Å². The van der Waals surface area contributed by atoms with Crippen molar-refractivity contribution in [2.45, 2.75) is 65.5 Å². The van der Waals surface area contributed by atoms with Gasteiger partial charge in [0, 0.05) is 35.1 Å². The Morgan fingerprint density at radius 2 is 1.71 bits per heavy atom. The summed E-state index contributed by atoms with van der Waals surface area (Å²) in [5.41, 5.74) is 4.77. The van der Waals surface area contributed by atoms with Crippen LogP contribution in [0.1, 0.15) is 79.7 Å². The first kappa shape index (κ1) is 27.2. The molecule has 0 aliphatic carbocycles. The van der Waals surface area contributed by atoms with E-state index in [-0.39, 0.29) is 18.1 Å². The zero-order valence-corrected chi connectivity index (χ0v) is 22.6. The molecule has 0 atom stereocenters. The van der Waals surface area contributed by atoms with E-state index in [4.69, 9.17) is 4.84 Å². The summed E-state index contributed by atoms with van der Waals surface area (Å²) in [6.45, 7) is 10.6. The molecule has 0 N–H and O–H groups in total. The highest BCUT2D eigenvalue weighted by Gasteiger charge is 2.25. The Morgan fingerprint density at radius 1 is 0.974 bits per heavy atom. The maximum Gasteiger partial charge on any atom is 0.165 e. The predicted molar refractivity (Wildman–Crippen MR) is 149 cm³/mol. The van der Waals surface area contributed by atoms with E-state index in [1.807, 2.05) is 57.2 Å². The molecule has 4 rings (SSSR count). The molecular formula is C32H34F2N2O2.